The van der Waals surface area contributed by atoms with Crippen molar-refractivity contribution < 1.29 is 19.1 Å². The predicted octanol–water partition coefficient (Wildman–Crippen LogP) is 3.56. The fourth-order valence-electron chi connectivity index (χ4n) is 3.82. The number of fused-ring (bicyclic) bond motifs is 1. The molecule has 0 bridgehead atoms. The summed E-state index contributed by atoms with van der Waals surface area (Å²) in [6, 6.07) is 10.7. The molecule has 3 rings (SSSR count). The van der Waals surface area contributed by atoms with Gasteiger partial charge in [0.1, 0.15) is 17.8 Å². The zero-order chi connectivity index (χ0) is 22.8. The van der Waals surface area contributed by atoms with Gasteiger partial charge >= 0.3 is 6.03 Å². The van der Waals surface area contributed by atoms with E-state index in [0.29, 0.717) is 11.5 Å². The van der Waals surface area contributed by atoms with Gasteiger partial charge in [0.15, 0.2) is 0 Å². The normalized spacial score (nSPS) is 19.6. The lowest BCUT2D eigenvalue weighted by atomic mass is 9.90. The van der Waals surface area contributed by atoms with E-state index in [9.17, 15) is 14.4 Å². The zero-order valence-corrected chi connectivity index (χ0v) is 18.8. The molecule has 7 heteroatoms. The Morgan fingerprint density at radius 1 is 1.10 bits per heavy atom. The first kappa shape index (κ1) is 22.6. The first-order chi connectivity index (χ1) is 14.6. The van der Waals surface area contributed by atoms with Gasteiger partial charge in [-0.15, -0.1) is 0 Å². The topological polar surface area (TPSA) is 87.7 Å². The Balaban J connectivity index is 1.74. The van der Waals surface area contributed by atoms with Crippen LogP contribution in [0, 0.1) is 5.92 Å². The van der Waals surface area contributed by atoms with Crippen molar-refractivity contribution in [2.24, 2.45) is 5.92 Å². The number of urea groups is 1. The summed E-state index contributed by atoms with van der Waals surface area (Å²) >= 11 is 0. The van der Waals surface area contributed by atoms with Crippen LogP contribution >= 0.6 is 0 Å². The number of carbonyl (C=O) groups is 3. The average molecular weight is 426 g/mol. The Kier molecular flexibility index (Phi) is 6.53. The van der Waals surface area contributed by atoms with E-state index >= 15 is 0 Å². The Morgan fingerprint density at radius 2 is 1.77 bits per heavy atom. The van der Waals surface area contributed by atoms with E-state index in [2.05, 4.69) is 24.5 Å². The standard InChI is InChI=1S/C24H31N3O4/c1-15(2)6-7-16(3)25-21(28)14-27-22(29)24(4,26-23(27)30)19-10-8-18-13-20(31-5)11-9-17(18)12-19/h8-13,15-16H,6-7,14H2,1-5H3,(H,25,28)(H,26,30)/t16-,24-/m1/s1. The maximum atomic E-state index is 13.2. The summed E-state index contributed by atoms with van der Waals surface area (Å²) in [6.45, 7) is 7.57. The van der Waals surface area contributed by atoms with E-state index in [1.54, 1.807) is 14.0 Å². The Labute approximate surface area is 183 Å². The Hall–Kier alpha value is -3.09. The molecule has 0 aromatic heterocycles. The smallest absolute Gasteiger partial charge is 0.325 e. The first-order valence-corrected chi connectivity index (χ1v) is 10.7. The number of hydrogen-bond donors (Lipinski definition) is 2. The SMILES string of the molecule is COc1ccc2cc([C@@]3(C)NC(=O)N(CC(=O)N[C@H](C)CCC(C)C)C3=O)ccc2c1. The number of carbonyl (C=O) groups excluding carboxylic acids is 3. The van der Waals surface area contributed by atoms with Crippen LogP contribution in [0.25, 0.3) is 10.8 Å². The molecule has 2 atom stereocenters. The van der Waals surface area contributed by atoms with Crippen molar-refractivity contribution in [3.8, 4) is 5.75 Å². The van der Waals surface area contributed by atoms with E-state index < -0.39 is 17.5 Å². The largest absolute Gasteiger partial charge is 0.497 e. The molecule has 2 N–H and O–H groups in total. The van der Waals surface area contributed by atoms with Gasteiger partial charge < -0.3 is 15.4 Å². The molecule has 1 saturated heterocycles. The van der Waals surface area contributed by atoms with Gasteiger partial charge in [0.25, 0.3) is 5.91 Å². The molecule has 31 heavy (non-hydrogen) atoms. The summed E-state index contributed by atoms with van der Waals surface area (Å²) in [7, 11) is 1.61. The van der Waals surface area contributed by atoms with Gasteiger partial charge in [-0.3, -0.25) is 14.5 Å². The number of methoxy groups -OCH3 is 1. The van der Waals surface area contributed by atoms with Crippen molar-refractivity contribution in [2.75, 3.05) is 13.7 Å². The van der Waals surface area contributed by atoms with Gasteiger partial charge in [0.2, 0.25) is 5.91 Å². The lowest BCUT2D eigenvalue weighted by Crippen LogP contribution is -2.45. The van der Waals surface area contributed by atoms with Gasteiger partial charge in [-0.25, -0.2) is 4.79 Å². The summed E-state index contributed by atoms with van der Waals surface area (Å²) in [5.74, 6) is 0.524. The molecule has 1 heterocycles. The Morgan fingerprint density at radius 3 is 2.45 bits per heavy atom. The third-order valence-electron chi connectivity index (χ3n) is 5.79. The molecule has 1 fully saturated rings. The van der Waals surface area contributed by atoms with E-state index in [0.717, 1.165) is 34.3 Å². The van der Waals surface area contributed by atoms with Crippen LogP contribution < -0.4 is 15.4 Å². The monoisotopic (exact) mass is 425 g/mol. The molecule has 7 nitrogen and oxygen atoms in total. The molecular formula is C24H31N3O4. The molecule has 1 aliphatic rings. The number of nitrogens with one attached hydrogen (secondary N) is 2. The second-order valence-electron chi connectivity index (χ2n) is 8.81. The van der Waals surface area contributed by atoms with Gasteiger partial charge in [-0.05, 0) is 67.1 Å². The predicted molar refractivity (Wildman–Crippen MR) is 120 cm³/mol. The summed E-state index contributed by atoms with van der Waals surface area (Å²) in [5.41, 5.74) is -0.564. The van der Waals surface area contributed by atoms with Crippen LogP contribution in [0.5, 0.6) is 5.75 Å². The quantitative estimate of drug-likeness (QED) is 0.633. The number of amides is 4. The molecule has 0 unspecified atom stereocenters. The van der Waals surface area contributed by atoms with Crippen molar-refractivity contribution in [1.29, 1.82) is 0 Å². The number of hydrogen-bond acceptors (Lipinski definition) is 4. The van der Waals surface area contributed by atoms with Crippen molar-refractivity contribution >= 4 is 28.6 Å². The van der Waals surface area contributed by atoms with Gasteiger partial charge in [-0.1, -0.05) is 32.0 Å². The van der Waals surface area contributed by atoms with Crippen LogP contribution in [0.1, 0.15) is 46.1 Å². The highest BCUT2D eigenvalue weighted by Crippen LogP contribution is 2.32. The maximum Gasteiger partial charge on any atom is 0.325 e. The maximum absolute atomic E-state index is 13.2. The van der Waals surface area contributed by atoms with Crippen LogP contribution in [-0.4, -0.2) is 42.4 Å². The molecule has 0 saturated carbocycles. The molecule has 166 valence electrons. The summed E-state index contributed by atoms with van der Waals surface area (Å²) < 4.78 is 5.25. The second kappa shape index (κ2) is 8.96. The zero-order valence-electron chi connectivity index (χ0n) is 18.8. The molecule has 0 spiro atoms. The van der Waals surface area contributed by atoms with Crippen LogP contribution in [0.4, 0.5) is 4.79 Å². The third-order valence-corrected chi connectivity index (χ3v) is 5.79. The number of imide groups is 1. The van der Waals surface area contributed by atoms with E-state index in [1.165, 1.54) is 0 Å². The van der Waals surface area contributed by atoms with Crippen molar-refractivity contribution in [1.82, 2.24) is 15.5 Å². The molecule has 2 aromatic rings. The van der Waals surface area contributed by atoms with Gasteiger partial charge in [0, 0.05) is 6.04 Å². The van der Waals surface area contributed by atoms with E-state index in [1.807, 2.05) is 43.3 Å². The van der Waals surface area contributed by atoms with Crippen LogP contribution in [-0.2, 0) is 15.1 Å². The fraction of sp³-hybridized carbons (Fsp3) is 0.458. The van der Waals surface area contributed by atoms with E-state index in [4.69, 9.17) is 4.74 Å². The lowest BCUT2D eigenvalue weighted by Gasteiger charge is -2.23. The van der Waals surface area contributed by atoms with Crippen LogP contribution in [0.15, 0.2) is 36.4 Å². The second-order valence-corrected chi connectivity index (χ2v) is 8.81. The third kappa shape index (κ3) is 4.81. The minimum absolute atomic E-state index is 0.0143. The average Bonchev–Trinajstić information content (AvgIpc) is 2.95. The highest BCUT2D eigenvalue weighted by Gasteiger charge is 2.49. The molecule has 4 amide bonds. The van der Waals surface area contributed by atoms with Crippen LogP contribution in [0.3, 0.4) is 0 Å². The summed E-state index contributed by atoms with van der Waals surface area (Å²) in [6.07, 6.45) is 1.85. The Bertz CT molecular complexity index is 1000. The van der Waals surface area contributed by atoms with Gasteiger partial charge in [0.05, 0.1) is 7.11 Å². The number of rotatable bonds is 8. The molecule has 0 aliphatic carbocycles. The first-order valence-electron chi connectivity index (χ1n) is 10.7. The van der Waals surface area contributed by atoms with Crippen molar-refractivity contribution in [3.05, 3.63) is 42.0 Å². The number of nitrogens with zero attached hydrogens (tertiary/aromatic N) is 1. The highest BCUT2D eigenvalue weighted by atomic mass is 16.5. The van der Waals surface area contributed by atoms with E-state index in [-0.39, 0.29) is 18.5 Å². The van der Waals surface area contributed by atoms with Crippen molar-refractivity contribution in [2.45, 2.75) is 52.1 Å². The number of benzene rings is 2. The molecular weight excluding hydrogens is 394 g/mol. The molecule has 1 aliphatic heterocycles. The van der Waals surface area contributed by atoms with Gasteiger partial charge in [-0.2, -0.15) is 0 Å². The highest BCUT2D eigenvalue weighted by molar-refractivity contribution is 6.09. The minimum Gasteiger partial charge on any atom is -0.497 e. The summed E-state index contributed by atoms with van der Waals surface area (Å²) in [5, 5.41) is 7.54. The molecule has 0 radical (unpaired) electrons. The van der Waals surface area contributed by atoms with Crippen molar-refractivity contribution in [3.63, 3.8) is 0 Å². The fourth-order valence-corrected chi connectivity index (χ4v) is 3.82. The number of ether oxygens (including phenoxy) is 1. The minimum atomic E-state index is -1.23. The summed E-state index contributed by atoms with van der Waals surface area (Å²) in [4.78, 5) is 39.1. The van der Waals surface area contributed by atoms with Crippen LogP contribution in [0.2, 0.25) is 0 Å². The lowest BCUT2D eigenvalue weighted by molar-refractivity contribution is -0.135. The molecule has 2 aromatic carbocycles.